The van der Waals surface area contributed by atoms with Gasteiger partial charge in [-0.3, -0.25) is 0 Å². The van der Waals surface area contributed by atoms with E-state index in [0.717, 1.165) is 30.6 Å². The van der Waals surface area contributed by atoms with E-state index >= 15 is 0 Å². The molecule has 0 bridgehead atoms. The van der Waals surface area contributed by atoms with Crippen molar-refractivity contribution in [3.8, 4) is 0 Å². The van der Waals surface area contributed by atoms with E-state index in [0.29, 0.717) is 12.5 Å². The fraction of sp³-hybridized carbons (Fsp3) is 0.833. The quantitative estimate of drug-likeness (QED) is 0.688. The van der Waals surface area contributed by atoms with Crippen molar-refractivity contribution >= 4 is 12.2 Å². The minimum absolute atomic E-state index is 0.0623. The molecule has 4 N–H and O–H groups in total. The number of ether oxygens (including phenoxy) is 1. The van der Waals surface area contributed by atoms with Crippen LogP contribution in [0, 0.1) is 5.92 Å². The third-order valence-corrected chi connectivity index (χ3v) is 3.49. The predicted molar refractivity (Wildman–Crippen MR) is 69.9 cm³/mol. The molecule has 1 rings (SSSR count). The van der Waals surface area contributed by atoms with Gasteiger partial charge in [-0.25, -0.2) is 9.59 Å². The molecule has 0 aromatic carbocycles. The zero-order valence-corrected chi connectivity index (χ0v) is 11.3. The van der Waals surface area contributed by atoms with Gasteiger partial charge in [0.15, 0.2) is 0 Å². The number of likely N-dealkylation sites (N-methyl/N-ethyl adjacent to an activating group) is 1. The van der Waals surface area contributed by atoms with Gasteiger partial charge in [0.2, 0.25) is 0 Å². The van der Waals surface area contributed by atoms with Crippen LogP contribution < -0.4 is 11.1 Å². The van der Waals surface area contributed by atoms with Gasteiger partial charge in [-0.15, -0.1) is 0 Å². The summed E-state index contributed by atoms with van der Waals surface area (Å²) in [6, 6.07) is 0.146. The van der Waals surface area contributed by atoms with Crippen LogP contribution in [0.5, 0.6) is 0 Å². The molecule has 0 aromatic heterocycles. The van der Waals surface area contributed by atoms with Crippen molar-refractivity contribution in [3.05, 3.63) is 0 Å². The smallest absolute Gasteiger partial charge is 0.407 e. The van der Waals surface area contributed by atoms with Gasteiger partial charge >= 0.3 is 12.2 Å². The van der Waals surface area contributed by atoms with Crippen LogP contribution in [0.1, 0.15) is 25.7 Å². The van der Waals surface area contributed by atoms with Gasteiger partial charge in [0.25, 0.3) is 0 Å². The molecule has 19 heavy (non-hydrogen) atoms. The molecule has 0 heterocycles. The lowest BCUT2D eigenvalue weighted by atomic mass is 9.86. The molecule has 0 atom stereocenters. The zero-order valence-electron chi connectivity index (χ0n) is 11.3. The van der Waals surface area contributed by atoms with Gasteiger partial charge in [0, 0.05) is 13.1 Å². The van der Waals surface area contributed by atoms with Gasteiger partial charge in [-0.1, -0.05) is 0 Å². The number of rotatable bonds is 5. The van der Waals surface area contributed by atoms with Gasteiger partial charge in [-0.2, -0.15) is 0 Å². The molecule has 1 fully saturated rings. The predicted octanol–water partition coefficient (Wildman–Crippen LogP) is 0.840. The van der Waals surface area contributed by atoms with Crippen molar-refractivity contribution in [3.63, 3.8) is 0 Å². The van der Waals surface area contributed by atoms with Crippen LogP contribution in [0.3, 0.4) is 0 Å². The summed E-state index contributed by atoms with van der Waals surface area (Å²) >= 11 is 0. The Balaban J connectivity index is 2.13. The fourth-order valence-electron chi connectivity index (χ4n) is 2.12. The Morgan fingerprint density at radius 1 is 1.37 bits per heavy atom. The number of hydrogen-bond donors (Lipinski definition) is 3. The lowest BCUT2D eigenvalue weighted by Gasteiger charge is -2.28. The number of alkyl carbamates (subject to hydrolysis) is 1. The number of carbonyl (C=O) groups is 2. The minimum Gasteiger partial charge on any atom is -0.465 e. The van der Waals surface area contributed by atoms with Crippen molar-refractivity contribution in [1.29, 1.82) is 0 Å². The Kier molecular flexibility index (Phi) is 6.41. The highest BCUT2D eigenvalue weighted by atomic mass is 16.5. The van der Waals surface area contributed by atoms with Crippen molar-refractivity contribution in [2.24, 2.45) is 11.7 Å². The first-order valence-corrected chi connectivity index (χ1v) is 6.60. The molecule has 0 aromatic rings. The highest BCUT2D eigenvalue weighted by molar-refractivity contribution is 5.67. The first-order chi connectivity index (χ1) is 9.02. The lowest BCUT2D eigenvalue weighted by Crippen LogP contribution is -2.39. The second kappa shape index (κ2) is 7.83. The van der Waals surface area contributed by atoms with E-state index in [9.17, 15) is 9.59 Å². The number of nitrogens with two attached hydrogens (primary N) is 1. The van der Waals surface area contributed by atoms with E-state index < -0.39 is 12.2 Å². The van der Waals surface area contributed by atoms with Crippen LogP contribution >= 0.6 is 0 Å². The van der Waals surface area contributed by atoms with E-state index in [4.69, 9.17) is 15.6 Å². The molecule has 110 valence electrons. The molecule has 7 heteroatoms. The summed E-state index contributed by atoms with van der Waals surface area (Å²) in [6.07, 6.45) is 2.39. The Hall–Kier alpha value is -1.50. The molecule has 0 saturated heterocycles. The highest BCUT2D eigenvalue weighted by Crippen LogP contribution is 2.23. The van der Waals surface area contributed by atoms with Gasteiger partial charge < -0.3 is 25.8 Å². The van der Waals surface area contributed by atoms with E-state index in [1.165, 1.54) is 7.05 Å². The highest BCUT2D eigenvalue weighted by Gasteiger charge is 2.21. The number of amides is 2. The monoisotopic (exact) mass is 273 g/mol. The zero-order chi connectivity index (χ0) is 14.3. The number of nitrogens with zero attached hydrogens (tertiary/aromatic N) is 1. The van der Waals surface area contributed by atoms with E-state index in [1.807, 2.05) is 0 Å². The summed E-state index contributed by atoms with van der Waals surface area (Å²) in [5, 5.41) is 11.4. The van der Waals surface area contributed by atoms with Crippen molar-refractivity contribution in [2.75, 3.05) is 26.7 Å². The summed E-state index contributed by atoms with van der Waals surface area (Å²) in [4.78, 5) is 23.1. The Morgan fingerprint density at radius 3 is 2.53 bits per heavy atom. The molecule has 1 saturated carbocycles. The summed E-state index contributed by atoms with van der Waals surface area (Å²) in [5.74, 6) is 0.568. The second-order valence-electron chi connectivity index (χ2n) is 4.94. The van der Waals surface area contributed by atoms with Crippen LogP contribution in [0.25, 0.3) is 0 Å². The molecular weight excluding hydrogens is 250 g/mol. The standard InChI is InChI=1S/C12H23N3O4/c1-15(12(17)18)6-7-19-11(16)14-10-4-2-9(8-13)3-5-10/h9-10H,2-8,13H2,1H3,(H,14,16)(H,17,18). The van der Waals surface area contributed by atoms with Crippen molar-refractivity contribution in [1.82, 2.24) is 10.2 Å². The topological polar surface area (TPSA) is 105 Å². The summed E-state index contributed by atoms with van der Waals surface area (Å²) in [6.45, 7) is 0.939. The van der Waals surface area contributed by atoms with Crippen LogP contribution in [0.2, 0.25) is 0 Å². The first-order valence-electron chi connectivity index (χ1n) is 6.60. The minimum atomic E-state index is -1.04. The molecule has 1 aliphatic carbocycles. The molecule has 0 radical (unpaired) electrons. The Morgan fingerprint density at radius 2 is 2.00 bits per heavy atom. The van der Waals surface area contributed by atoms with E-state index in [1.54, 1.807) is 0 Å². The maximum atomic E-state index is 11.5. The second-order valence-corrected chi connectivity index (χ2v) is 4.94. The van der Waals surface area contributed by atoms with Crippen molar-refractivity contribution < 1.29 is 19.4 Å². The van der Waals surface area contributed by atoms with Crippen LogP contribution in [0.4, 0.5) is 9.59 Å². The Bertz CT molecular complexity index is 303. The normalized spacial score (nSPS) is 22.6. The molecule has 0 spiro atoms. The van der Waals surface area contributed by atoms with Crippen LogP contribution in [0.15, 0.2) is 0 Å². The Labute approximate surface area is 113 Å². The number of carboxylic acid groups (broad SMARTS) is 1. The van der Waals surface area contributed by atoms with E-state index in [-0.39, 0.29) is 19.2 Å². The maximum Gasteiger partial charge on any atom is 0.407 e. The lowest BCUT2D eigenvalue weighted by molar-refractivity contribution is 0.116. The third kappa shape index (κ3) is 5.78. The SMILES string of the molecule is CN(CCOC(=O)NC1CCC(CN)CC1)C(=O)O. The van der Waals surface area contributed by atoms with Gasteiger partial charge in [0.1, 0.15) is 6.61 Å². The fourth-order valence-corrected chi connectivity index (χ4v) is 2.12. The molecule has 0 unspecified atom stereocenters. The first kappa shape index (κ1) is 15.6. The van der Waals surface area contributed by atoms with Crippen molar-refractivity contribution in [2.45, 2.75) is 31.7 Å². The third-order valence-electron chi connectivity index (χ3n) is 3.49. The van der Waals surface area contributed by atoms with Gasteiger partial charge in [-0.05, 0) is 38.1 Å². The summed E-state index contributed by atoms with van der Waals surface area (Å²) < 4.78 is 4.94. The van der Waals surface area contributed by atoms with Gasteiger partial charge in [0.05, 0.1) is 6.54 Å². The number of carbonyl (C=O) groups excluding carboxylic acids is 1. The average Bonchev–Trinajstić information content (AvgIpc) is 2.39. The van der Waals surface area contributed by atoms with Crippen LogP contribution in [-0.2, 0) is 4.74 Å². The maximum absolute atomic E-state index is 11.5. The number of hydrogen-bond acceptors (Lipinski definition) is 4. The molecule has 2 amide bonds. The van der Waals surface area contributed by atoms with Crippen LogP contribution in [-0.4, -0.2) is 55.0 Å². The number of nitrogens with one attached hydrogen (secondary N) is 1. The average molecular weight is 273 g/mol. The summed E-state index contributed by atoms with van der Waals surface area (Å²) in [7, 11) is 1.43. The molecule has 1 aliphatic rings. The molecular formula is C12H23N3O4. The molecule has 7 nitrogen and oxygen atoms in total. The molecule has 0 aliphatic heterocycles. The summed E-state index contributed by atoms with van der Waals surface area (Å²) in [5.41, 5.74) is 5.60. The van der Waals surface area contributed by atoms with E-state index in [2.05, 4.69) is 5.32 Å². The largest absolute Gasteiger partial charge is 0.465 e.